The Balaban J connectivity index is 0.00000289. The fraction of sp³-hybridized carbons (Fsp3) is 0.409. The van der Waals surface area contributed by atoms with Gasteiger partial charge >= 0.3 is 0 Å². The molecule has 0 aromatic heterocycles. The van der Waals surface area contributed by atoms with E-state index in [0.29, 0.717) is 49.9 Å². The molecule has 2 aliphatic rings. The van der Waals surface area contributed by atoms with Gasteiger partial charge in [-0.15, -0.1) is 24.0 Å². The van der Waals surface area contributed by atoms with Gasteiger partial charge in [0.15, 0.2) is 12.8 Å². The van der Waals surface area contributed by atoms with Crippen molar-refractivity contribution in [2.45, 2.75) is 25.5 Å². The van der Waals surface area contributed by atoms with E-state index in [0.717, 1.165) is 12.0 Å². The number of benzene rings is 2. The van der Waals surface area contributed by atoms with E-state index in [9.17, 15) is 13.2 Å². The van der Waals surface area contributed by atoms with Crippen LogP contribution < -0.4 is 20.3 Å². The van der Waals surface area contributed by atoms with Gasteiger partial charge in [0.25, 0.3) is 0 Å². The summed E-state index contributed by atoms with van der Waals surface area (Å²) in [5, 5.41) is 6.50. The average Bonchev–Trinajstić information content (AvgIpc) is 3.20. The van der Waals surface area contributed by atoms with Crippen molar-refractivity contribution in [3.8, 4) is 5.75 Å². The van der Waals surface area contributed by atoms with Crippen molar-refractivity contribution in [1.29, 1.82) is 0 Å². The summed E-state index contributed by atoms with van der Waals surface area (Å²) in [6.45, 7) is 2.00. The Morgan fingerprint density at radius 3 is 2.75 bits per heavy atom. The van der Waals surface area contributed by atoms with Gasteiger partial charge in [-0.3, -0.25) is 4.99 Å². The zero-order valence-corrected chi connectivity index (χ0v) is 20.0. The zero-order valence-electron chi connectivity index (χ0n) is 17.7. The SMILES string of the molecule is CN=C(NCCc1cc(F)cc2c1OCOC2)NC1CCN(c2c(F)cccc2F)C1.I. The summed E-state index contributed by atoms with van der Waals surface area (Å²) in [7, 11) is 1.66. The second kappa shape index (κ2) is 11.1. The van der Waals surface area contributed by atoms with Gasteiger partial charge in [0.05, 0.1) is 6.61 Å². The first kappa shape index (κ1) is 24.4. The second-order valence-corrected chi connectivity index (χ2v) is 7.56. The van der Waals surface area contributed by atoms with Gasteiger partial charge in [-0.05, 0) is 42.7 Å². The standard InChI is InChI=1S/C22H25F3N4O2.HI/c1-26-22(27-7-5-14-9-16(23)10-15-12-30-13-31-21(14)15)28-17-6-8-29(11-17)20-18(24)3-2-4-19(20)25;/h2-4,9-10,17H,5-8,11-13H2,1H3,(H2,26,27,28);1H. The molecule has 2 aromatic rings. The zero-order chi connectivity index (χ0) is 21.8. The lowest BCUT2D eigenvalue weighted by Crippen LogP contribution is -2.45. The third-order valence-corrected chi connectivity index (χ3v) is 5.44. The Bertz CT molecular complexity index is 956. The molecule has 1 atom stereocenters. The van der Waals surface area contributed by atoms with Gasteiger partial charge in [-0.1, -0.05) is 6.07 Å². The highest BCUT2D eigenvalue weighted by Gasteiger charge is 2.27. The molecule has 2 aliphatic heterocycles. The fourth-order valence-electron chi connectivity index (χ4n) is 4.02. The Labute approximate surface area is 202 Å². The lowest BCUT2D eigenvalue weighted by Gasteiger charge is -2.22. The Kier molecular flexibility index (Phi) is 8.46. The maximum atomic E-state index is 14.1. The van der Waals surface area contributed by atoms with Crippen LogP contribution >= 0.6 is 24.0 Å². The molecule has 0 spiro atoms. The molecule has 0 aliphatic carbocycles. The molecule has 1 saturated heterocycles. The molecular weight excluding hydrogens is 536 g/mol. The number of guanidine groups is 1. The molecule has 1 fully saturated rings. The van der Waals surface area contributed by atoms with Crippen molar-refractivity contribution in [3.63, 3.8) is 0 Å². The molecule has 2 N–H and O–H groups in total. The first-order chi connectivity index (χ1) is 15.0. The number of hydrogen-bond donors (Lipinski definition) is 2. The monoisotopic (exact) mass is 562 g/mol. The number of hydrogen-bond acceptors (Lipinski definition) is 4. The number of halogens is 4. The fourth-order valence-corrected chi connectivity index (χ4v) is 4.02. The van der Waals surface area contributed by atoms with Crippen LogP contribution in [0.5, 0.6) is 5.75 Å². The van der Waals surface area contributed by atoms with Crippen LogP contribution in [0.3, 0.4) is 0 Å². The highest BCUT2D eigenvalue weighted by Crippen LogP contribution is 2.30. The van der Waals surface area contributed by atoms with E-state index in [1.807, 2.05) is 0 Å². The number of ether oxygens (including phenoxy) is 2. The van der Waals surface area contributed by atoms with E-state index >= 15 is 0 Å². The minimum absolute atomic E-state index is 0. The van der Waals surface area contributed by atoms with E-state index in [-0.39, 0.29) is 48.3 Å². The number of nitrogens with zero attached hydrogens (tertiary/aromatic N) is 2. The molecule has 0 bridgehead atoms. The molecule has 0 saturated carbocycles. The summed E-state index contributed by atoms with van der Waals surface area (Å²) < 4.78 is 52.7. The maximum absolute atomic E-state index is 14.1. The quantitative estimate of drug-likeness (QED) is 0.332. The number of aliphatic imine (C=N–C) groups is 1. The molecule has 174 valence electrons. The number of rotatable bonds is 5. The van der Waals surface area contributed by atoms with Crippen molar-refractivity contribution in [2.75, 3.05) is 38.4 Å². The van der Waals surface area contributed by atoms with Crippen LogP contribution in [0.4, 0.5) is 18.9 Å². The maximum Gasteiger partial charge on any atom is 0.191 e. The third-order valence-electron chi connectivity index (χ3n) is 5.44. The molecule has 0 amide bonds. The molecule has 4 rings (SSSR count). The van der Waals surface area contributed by atoms with Crippen LogP contribution in [-0.4, -0.2) is 45.5 Å². The van der Waals surface area contributed by atoms with Crippen molar-refractivity contribution in [2.24, 2.45) is 4.99 Å². The molecular formula is C22H26F3IN4O2. The summed E-state index contributed by atoms with van der Waals surface area (Å²) in [6, 6.07) is 6.78. The Morgan fingerprint density at radius 2 is 2.00 bits per heavy atom. The molecule has 32 heavy (non-hydrogen) atoms. The van der Waals surface area contributed by atoms with Crippen LogP contribution in [0, 0.1) is 17.5 Å². The lowest BCUT2D eigenvalue weighted by molar-refractivity contribution is -0.0172. The number of fused-ring (bicyclic) bond motifs is 1. The number of anilines is 1. The largest absolute Gasteiger partial charge is 0.467 e. The lowest BCUT2D eigenvalue weighted by atomic mass is 10.1. The Morgan fingerprint density at radius 1 is 1.22 bits per heavy atom. The van der Waals surface area contributed by atoms with Crippen LogP contribution in [0.1, 0.15) is 17.5 Å². The second-order valence-electron chi connectivity index (χ2n) is 7.56. The van der Waals surface area contributed by atoms with Crippen LogP contribution in [0.15, 0.2) is 35.3 Å². The normalized spacial score (nSPS) is 17.9. The summed E-state index contributed by atoms with van der Waals surface area (Å²) in [5.41, 5.74) is 1.48. The molecule has 10 heteroatoms. The van der Waals surface area contributed by atoms with E-state index in [1.165, 1.54) is 30.3 Å². The Hall–Kier alpha value is -2.21. The van der Waals surface area contributed by atoms with Crippen LogP contribution in [0.2, 0.25) is 0 Å². The third kappa shape index (κ3) is 5.58. The summed E-state index contributed by atoms with van der Waals surface area (Å²) in [5.74, 6) is -0.189. The van der Waals surface area contributed by atoms with E-state index < -0.39 is 11.6 Å². The van der Waals surface area contributed by atoms with Gasteiger partial charge in [-0.25, -0.2) is 13.2 Å². The summed E-state index contributed by atoms with van der Waals surface area (Å²) in [4.78, 5) is 5.93. The highest BCUT2D eigenvalue weighted by molar-refractivity contribution is 14.0. The first-order valence-electron chi connectivity index (χ1n) is 10.2. The molecule has 0 radical (unpaired) electrons. The predicted molar refractivity (Wildman–Crippen MR) is 127 cm³/mol. The van der Waals surface area contributed by atoms with Crippen molar-refractivity contribution in [3.05, 3.63) is 58.9 Å². The van der Waals surface area contributed by atoms with E-state index in [2.05, 4.69) is 15.6 Å². The van der Waals surface area contributed by atoms with Crippen molar-refractivity contribution >= 4 is 35.6 Å². The minimum atomic E-state index is -0.561. The molecule has 2 heterocycles. The smallest absolute Gasteiger partial charge is 0.191 e. The van der Waals surface area contributed by atoms with Crippen molar-refractivity contribution < 1.29 is 22.6 Å². The molecule has 6 nitrogen and oxygen atoms in total. The summed E-state index contributed by atoms with van der Waals surface area (Å²) >= 11 is 0. The van der Waals surface area contributed by atoms with E-state index in [4.69, 9.17) is 9.47 Å². The van der Waals surface area contributed by atoms with Gasteiger partial charge in [-0.2, -0.15) is 0 Å². The average molecular weight is 562 g/mol. The first-order valence-corrected chi connectivity index (χ1v) is 10.2. The molecule has 2 aromatic carbocycles. The van der Waals surface area contributed by atoms with E-state index in [1.54, 1.807) is 11.9 Å². The van der Waals surface area contributed by atoms with Crippen LogP contribution in [0.25, 0.3) is 0 Å². The van der Waals surface area contributed by atoms with Gasteiger partial charge < -0.3 is 25.0 Å². The van der Waals surface area contributed by atoms with Gasteiger partial charge in [0.2, 0.25) is 0 Å². The number of nitrogens with one attached hydrogen (secondary N) is 2. The van der Waals surface area contributed by atoms with Crippen molar-refractivity contribution in [1.82, 2.24) is 10.6 Å². The van der Waals surface area contributed by atoms with Crippen LogP contribution in [-0.2, 0) is 17.8 Å². The highest BCUT2D eigenvalue weighted by atomic mass is 127. The summed E-state index contributed by atoms with van der Waals surface area (Å²) in [6.07, 6.45) is 1.26. The number of para-hydroxylation sites is 1. The minimum Gasteiger partial charge on any atom is -0.467 e. The topological polar surface area (TPSA) is 58.1 Å². The molecule has 1 unspecified atom stereocenters. The predicted octanol–water partition coefficient (Wildman–Crippen LogP) is 3.57. The van der Waals surface area contributed by atoms with Gasteiger partial charge in [0.1, 0.15) is 28.9 Å². The van der Waals surface area contributed by atoms with Gasteiger partial charge in [0, 0.05) is 38.3 Å².